The van der Waals surface area contributed by atoms with Crippen molar-refractivity contribution < 1.29 is 19.7 Å². The van der Waals surface area contributed by atoms with Crippen LogP contribution < -0.4 is 4.74 Å². The van der Waals surface area contributed by atoms with Crippen molar-refractivity contribution in [2.75, 3.05) is 13.6 Å². The number of ether oxygens (including phenoxy) is 1. The third kappa shape index (κ3) is 1.64. The minimum atomic E-state index is -1.10. The van der Waals surface area contributed by atoms with Gasteiger partial charge in [0.1, 0.15) is 11.7 Å². The summed E-state index contributed by atoms with van der Waals surface area (Å²) in [4.78, 5) is 14.6. The topological polar surface area (TPSA) is 70.0 Å². The van der Waals surface area contributed by atoms with E-state index in [9.17, 15) is 15.0 Å². The number of piperidine rings is 1. The number of phenols is 1. The highest BCUT2D eigenvalue weighted by Gasteiger charge is 2.67. The average Bonchev–Trinajstić information content (AvgIpc) is 2.90. The monoisotopic (exact) mass is 341 g/mol. The second-order valence-electron chi connectivity index (χ2n) is 8.33. The molecule has 0 amide bonds. The number of nitrogens with zero attached hydrogens (tertiary/aromatic N) is 1. The first-order valence-corrected chi connectivity index (χ1v) is 8.96. The lowest BCUT2D eigenvalue weighted by Gasteiger charge is -2.58. The van der Waals surface area contributed by atoms with Crippen LogP contribution in [-0.2, 0) is 11.8 Å². The van der Waals surface area contributed by atoms with Crippen LogP contribution in [0, 0.1) is 5.92 Å². The Balaban J connectivity index is 1.88. The standard InChI is InChI=1S/C20H23NO4/c1-10(22)11-9-15(23)17-16-12(11)8-14-13-4-5-19(2,24)18(25-17)20(13,16)6-7-21(14)3/h4-5,9,13-14,18,23-24H,6-8H2,1-3H3/t13-,14+,18-,19-,20-/m0/s1. The van der Waals surface area contributed by atoms with Crippen molar-refractivity contribution in [1.82, 2.24) is 4.90 Å². The summed E-state index contributed by atoms with van der Waals surface area (Å²) in [6.45, 7) is 4.23. The van der Waals surface area contributed by atoms with Gasteiger partial charge in [-0.15, -0.1) is 0 Å². The largest absolute Gasteiger partial charge is 0.504 e. The lowest BCUT2D eigenvalue weighted by Crippen LogP contribution is -2.67. The van der Waals surface area contributed by atoms with Crippen LogP contribution in [0.1, 0.15) is 41.8 Å². The van der Waals surface area contributed by atoms with E-state index in [-0.39, 0.29) is 28.9 Å². The molecule has 2 bridgehead atoms. The minimum Gasteiger partial charge on any atom is -0.504 e. The van der Waals surface area contributed by atoms with E-state index in [0.717, 1.165) is 30.5 Å². The van der Waals surface area contributed by atoms with Crippen molar-refractivity contribution in [3.8, 4) is 11.5 Å². The van der Waals surface area contributed by atoms with E-state index in [0.29, 0.717) is 11.3 Å². The molecule has 2 aliphatic carbocycles. The molecule has 2 aliphatic heterocycles. The first-order valence-electron chi connectivity index (χ1n) is 8.96. The molecule has 5 atom stereocenters. The van der Waals surface area contributed by atoms with Crippen molar-refractivity contribution >= 4 is 5.78 Å². The highest BCUT2D eigenvalue weighted by molar-refractivity contribution is 5.97. The Morgan fingerprint density at radius 1 is 1.44 bits per heavy atom. The molecule has 4 aliphatic rings. The fraction of sp³-hybridized carbons (Fsp3) is 0.550. The smallest absolute Gasteiger partial charge is 0.165 e. The van der Waals surface area contributed by atoms with Gasteiger partial charge in [0.25, 0.3) is 0 Å². The zero-order valence-electron chi connectivity index (χ0n) is 14.7. The summed E-state index contributed by atoms with van der Waals surface area (Å²) in [5, 5.41) is 21.6. The first-order chi connectivity index (χ1) is 11.8. The van der Waals surface area contributed by atoms with Crippen molar-refractivity contribution in [1.29, 1.82) is 0 Å². The van der Waals surface area contributed by atoms with E-state index >= 15 is 0 Å². The van der Waals surface area contributed by atoms with Crippen LogP contribution >= 0.6 is 0 Å². The Labute approximate surface area is 146 Å². The molecule has 5 nitrogen and oxygen atoms in total. The minimum absolute atomic E-state index is 0.0136. The van der Waals surface area contributed by atoms with Gasteiger partial charge in [0.2, 0.25) is 0 Å². The van der Waals surface area contributed by atoms with E-state index in [1.165, 1.54) is 0 Å². The first kappa shape index (κ1) is 15.4. The van der Waals surface area contributed by atoms with Gasteiger partial charge in [0, 0.05) is 28.5 Å². The van der Waals surface area contributed by atoms with Crippen molar-refractivity contribution in [2.24, 2.45) is 5.92 Å². The van der Waals surface area contributed by atoms with Gasteiger partial charge in [-0.3, -0.25) is 4.79 Å². The molecule has 1 spiro atoms. The van der Waals surface area contributed by atoms with Crippen LogP contribution in [-0.4, -0.2) is 52.2 Å². The van der Waals surface area contributed by atoms with Crippen LogP contribution in [0.3, 0.4) is 0 Å². The Kier molecular flexibility index (Phi) is 2.75. The number of carbonyl (C=O) groups is 1. The Hall–Kier alpha value is -1.85. The molecular weight excluding hydrogens is 318 g/mol. The number of rotatable bonds is 1. The van der Waals surface area contributed by atoms with Crippen molar-refractivity contribution in [2.45, 2.75) is 49.9 Å². The van der Waals surface area contributed by atoms with E-state index in [4.69, 9.17) is 4.74 Å². The number of benzene rings is 1. The second-order valence-corrected chi connectivity index (χ2v) is 8.33. The van der Waals surface area contributed by atoms with Crippen molar-refractivity contribution in [3.05, 3.63) is 34.9 Å². The summed E-state index contributed by atoms with van der Waals surface area (Å²) in [7, 11) is 2.13. The van der Waals surface area contributed by atoms with Crippen LogP contribution in [0.4, 0.5) is 0 Å². The number of hydrogen-bond acceptors (Lipinski definition) is 5. The molecule has 25 heavy (non-hydrogen) atoms. The number of hydrogen-bond donors (Lipinski definition) is 2. The van der Waals surface area contributed by atoms with Crippen LogP contribution in [0.25, 0.3) is 0 Å². The number of aromatic hydroxyl groups is 1. The molecule has 5 heteroatoms. The second kappa shape index (κ2) is 4.46. The Morgan fingerprint density at radius 3 is 2.92 bits per heavy atom. The summed E-state index contributed by atoms with van der Waals surface area (Å²) in [6.07, 6.45) is 5.16. The van der Waals surface area contributed by atoms with Crippen LogP contribution in [0.5, 0.6) is 11.5 Å². The maximum Gasteiger partial charge on any atom is 0.165 e. The third-order valence-corrected chi connectivity index (χ3v) is 6.95. The van der Waals surface area contributed by atoms with Gasteiger partial charge in [-0.05, 0) is 51.9 Å². The Morgan fingerprint density at radius 2 is 2.20 bits per heavy atom. The zero-order chi connectivity index (χ0) is 17.7. The number of likely N-dealkylation sites (tertiary alicyclic amines) is 1. The van der Waals surface area contributed by atoms with E-state index in [1.807, 2.05) is 6.08 Å². The highest BCUT2D eigenvalue weighted by Crippen LogP contribution is 2.64. The molecule has 1 aromatic carbocycles. The van der Waals surface area contributed by atoms with Crippen LogP contribution in [0.2, 0.25) is 0 Å². The predicted molar refractivity (Wildman–Crippen MR) is 92.2 cm³/mol. The molecule has 1 saturated heterocycles. The average molecular weight is 341 g/mol. The molecule has 1 aromatic rings. The number of carbonyl (C=O) groups excluding carboxylic acids is 1. The lowest BCUT2D eigenvalue weighted by atomic mass is 9.51. The fourth-order valence-electron chi connectivity index (χ4n) is 5.91. The SMILES string of the molecule is CC(=O)c1cc(O)c2c3c1C[C@@H]1[C@@H]4C=C[C@](C)(O)[C@H](O2)[C@]34CCN1C. The Bertz CT molecular complexity index is 843. The van der Waals surface area contributed by atoms with Gasteiger partial charge in [0.05, 0.1) is 0 Å². The summed E-state index contributed by atoms with van der Waals surface area (Å²) in [5.74, 6) is 0.665. The molecular formula is C20H23NO4. The van der Waals surface area contributed by atoms with Gasteiger partial charge in [-0.1, -0.05) is 12.2 Å². The number of aliphatic hydroxyl groups is 1. The van der Waals surface area contributed by atoms with Crippen molar-refractivity contribution in [3.63, 3.8) is 0 Å². The van der Waals surface area contributed by atoms with E-state index in [2.05, 4.69) is 18.0 Å². The summed E-state index contributed by atoms with van der Waals surface area (Å²) >= 11 is 0. The number of likely N-dealkylation sites (N-methyl/N-ethyl adjacent to an activating group) is 1. The maximum atomic E-state index is 12.3. The van der Waals surface area contributed by atoms with Gasteiger partial charge in [0.15, 0.2) is 17.3 Å². The fourth-order valence-corrected chi connectivity index (χ4v) is 5.91. The molecule has 1 fully saturated rings. The number of phenolic OH excluding ortho intramolecular Hbond substituents is 1. The zero-order valence-corrected chi connectivity index (χ0v) is 14.7. The molecule has 132 valence electrons. The molecule has 5 rings (SSSR count). The van der Waals surface area contributed by atoms with Gasteiger partial charge >= 0.3 is 0 Å². The number of Topliss-reactive ketones (excluding diaryl/α,β-unsaturated/α-hetero) is 1. The molecule has 2 heterocycles. The maximum absolute atomic E-state index is 12.3. The third-order valence-electron chi connectivity index (χ3n) is 6.95. The quantitative estimate of drug-likeness (QED) is 0.602. The molecule has 0 saturated carbocycles. The summed E-state index contributed by atoms with van der Waals surface area (Å²) in [5.41, 5.74) is 1.09. The van der Waals surface area contributed by atoms with Gasteiger partial charge < -0.3 is 19.8 Å². The van der Waals surface area contributed by atoms with E-state index < -0.39 is 11.7 Å². The molecule has 0 aromatic heterocycles. The van der Waals surface area contributed by atoms with Gasteiger partial charge in [-0.2, -0.15) is 0 Å². The lowest BCUT2D eigenvalue weighted by molar-refractivity contribution is -0.0892. The molecule has 0 radical (unpaired) electrons. The van der Waals surface area contributed by atoms with E-state index in [1.54, 1.807) is 19.9 Å². The molecule has 0 unspecified atom stereocenters. The summed E-state index contributed by atoms with van der Waals surface area (Å²) < 4.78 is 6.21. The number of ketones is 1. The highest BCUT2D eigenvalue weighted by atomic mass is 16.5. The normalized spacial score (nSPS) is 40.6. The summed E-state index contributed by atoms with van der Waals surface area (Å²) in [6, 6.07) is 1.82. The van der Waals surface area contributed by atoms with Crippen LogP contribution in [0.15, 0.2) is 18.2 Å². The predicted octanol–water partition coefficient (Wildman–Crippen LogP) is 1.79. The molecule has 2 N–H and O–H groups in total. The van der Waals surface area contributed by atoms with Gasteiger partial charge in [-0.25, -0.2) is 0 Å².